The molecule has 0 N–H and O–H groups in total. The number of pyridine rings is 1. The molecule has 0 spiro atoms. The number of para-hydroxylation sites is 1. The van der Waals surface area contributed by atoms with Crippen LogP contribution in [0.15, 0.2) is 47.0 Å². The maximum atomic E-state index is 8.02. The Morgan fingerprint density at radius 3 is 2.73 bits per heavy atom. The Bertz CT molecular complexity index is 1430. The Hall–Kier alpha value is -3.14. The van der Waals surface area contributed by atoms with Crippen molar-refractivity contribution in [2.45, 2.75) is 20.7 Å². The van der Waals surface area contributed by atoms with Crippen LogP contribution in [0.5, 0.6) is 0 Å². The van der Waals surface area contributed by atoms with Crippen LogP contribution in [0.3, 0.4) is 0 Å². The van der Waals surface area contributed by atoms with E-state index in [0.29, 0.717) is 16.6 Å². The van der Waals surface area contributed by atoms with Gasteiger partial charge in [-0.05, 0) is 44.0 Å². The lowest BCUT2D eigenvalue weighted by Crippen LogP contribution is -1.95. The van der Waals surface area contributed by atoms with Crippen LogP contribution in [0.25, 0.3) is 44.4 Å². The zero-order valence-corrected chi connectivity index (χ0v) is 14.8. The average molecular weight is 344 g/mol. The zero-order chi connectivity index (χ0) is 20.5. The quantitative estimate of drug-likeness (QED) is 0.405. The molecule has 0 aliphatic rings. The van der Waals surface area contributed by atoms with Crippen LogP contribution in [0.1, 0.15) is 20.9 Å². The molecule has 4 heteroatoms. The Morgan fingerprint density at radius 1 is 1.04 bits per heavy atom. The van der Waals surface area contributed by atoms with Gasteiger partial charge >= 0.3 is 0 Å². The Balaban J connectivity index is 1.94. The van der Waals surface area contributed by atoms with Crippen LogP contribution in [0.4, 0.5) is 0 Å². The molecule has 0 bridgehead atoms. The molecule has 3 aromatic heterocycles. The minimum absolute atomic E-state index is 0.289. The first kappa shape index (κ1) is 12.3. The number of hydrogen-bond acceptors (Lipinski definition) is 3. The lowest BCUT2D eigenvalue weighted by Gasteiger charge is -2.06. The second kappa shape index (κ2) is 5.18. The van der Waals surface area contributed by atoms with E-state index in [1.165, 1.54) is 0 Å². The monoisotopic (exact) mass is 344 g/mol. The van der Waals surface area contributed by atoms with Crippen LogP contribution < -0.4 is 0 Å². The summed E-state index contributed by atoms with van der Waals surface area (Å²) in [6.07, 6.45) is 1.74. The van der Waals surface area contributed by atoms with Gasteiger partial charge < -0.3 is 8.98 Å². The zero-order valence-electron chi connectivity index (χ0n) is 17.8. The van der Waals surface area contributed by atoms with Crippen LogP contribution in [-0.4, -0.2) is 14.5 Å². The summed E-state index contributed by atoms with van der Waals surface area (Å²) in [6, 6.07) is 11.1. The summed E-state index contributed by atoms with van der Waals surface area (Å²) in [5, 5.41) is 1.44. The van der Waals surface area contributed by atoms with Gasteiger partial charge in [0.15, 0.2) is 0 Å². The Labute approximate surface area is 155 Å². The number of aromatic nitrogens is 3. The van der Waals surface area contributed by atoms with Crippen molar-refractivity contribution in [2.75, 3.05) is 0 Å². The van der Waals surface area contributed by atoms with Crippen LogP contribution in [-0.2, 0) is 7.05 Å². The summed E-state index contributed by atoms with van der Waals surface area (Å²) in [4.78, 5) is 9.17. The van der Waals surface area contributed by atoms with Gasteiger partial charge in [-0.3, -0.25) is 4.98 Å². The van der Waals surface area contributed by atoms with Crippen molar-refractivity contribution in [3.8, 4) is 11.4 Å². The Kier molecular flexibility index (Phi) is 2.44. The Morgan fingerprint density at radius 2 is 1.92 bits per heavy atom. The normalized spacial score (nSPS) is 14.0. The molecular weight excluding hydrogens is 322 g/mol. The van der Waals surface area contributed by atoms with Gasteiger partial charge in [-0.1, -0.05) is 24.3 Å². The first-order valence-corrected chi connectivity index (χ1v) is 8.51. The van der Waals surface area contributed by atoms with Crippen LogP contribution in [0, 0.1) is 20.7 Å². The van der Waals surface area contributed by atoms with Crippen LogP contribution >= 0.6 is 0 Å². The van der Waals surface area contributed by atoms with E-state index in [-0.39, 0.29) is 5.56 Å². The molecule has 0 amide bonds. The highest BCUT2D eigenvalue weighted by Crippen LogP contribution is 2.39. The number of hydrogen-bond donors (Lipinski definition) is 0. The fourth-order valence-electron chi connectivity index (χ4n) is 3.80. The van der Waals surface area contributed by atoms with Crippen LogP contribution in [0.2, 0.25) is 0 Å². The van der Waals surface area contributed by atoms with E-state index >= 15 is 0 Å². The maximum Gasteiger partial charge on any atom is 0.146 e. The van der Waals surface area contributed by atoms with E-state index in [4.69, 9.17) is 13.5 Å². The third-order valence-electron chi connectivity index (χ3n) is 5.05. The predicted molar refractivity (Wildman–Crippen MR) is 105 cm³/mol. The molecule has 5 aromatic rings. The third kappa shape index (κ3) is 1.90. The summed E-state index contributed by atoms with van der Waals surface area (Å²) in [6.45, 7) is 1.67. The van der Waals surface area contributed by atoms with Gasteiger partial charge in [-0.25, -0.2) is 4.98 Å². The molecule has 0 atom stereocenters. The van der Waals surface area contributed by atoms with E-state index in [9.17, 15) is 0 Å². The molecule has 2 aromatic carbocycles. The first-order valence-electron chi connectivity index (χ1n) is 10.0. The van der Waals surface area contributed by atoms with Gasteiger partial charge in [-0.15, -0.1) is 0 Å². The fourth-order valence-corrected chi connectivity index (χ4v) is 3.80. The molecule has 0 saturated carbocycles. The molecule has 26 heavy (non-hydrogen) atoms. The molecule has 128 valence electrons. The molecular formula is C22H19N3O. The first-order chi connectivity index (χ1) is 13.8. The number of furan rings is 1. The van der Waals surface area contributed by atoms with Gasteiger partial charge in [0.1, 0.15) is 17.0 Å². The number of imidazole rings is 1. The van der Waals surface area contributed by atoms with Gasteiger partial charge in [0.05, 0.1) is 22.3 Å². The van der Waals surface area contributed by atoms with Crippen molar-refractivity contribution in [3.05, 3.63) is 59.4 Å². The largest absolute Gasteiger partial charge is 0.455 e. The molecule has 0 saturated heterocycles. The van der Waals surface area contributed by atoms with Crippen molar-refractivity contribution in [2.24, 2.45) is 7.05 Å². The maximum absolute atomic E-state index is 8.02. The minimum Gasteiger partial charge on any atom is -0.455 e. The van der Waals surface area contributed by atoms with Crippen molar-refractivity contribution < 1.29 is 8.53 Å². The van der Waals surface area contributed by atoms with Crippen molar-refractivity contribution in [3.63, 3.8) is 0 Å². The van der Waals surface area contributed by atoms with E-state index in [0.717, 1.165) is 39.1 Å². The molecule has 0 fully saturated rings. The van der Waals surface area contributed by atoms with E-state index in [1.807, 2.05) is 49.7 Å². The highest BCUT2D eigenvalue weighted by atomic mass is 16.3. The van der Waals surface area contributed by atoms with Gasteiger partial charge in [0.25, 0.3) is 0 Å². The molecule has 3 heterocycles. The molecule has 0 aliphatic carbocycles. The summed E-state index contributed by atoms with van der Waals surface area (Å²) >= 11 is 0. The average Bonchev–Trinajstić information content (AvgIpc) is 3.21. The van der Waals surface area contributed by atoms with Crippen molar-refractivity contribution in [1.82, 2.24) is 14.5 Å². The summed E-state index contributed by atoms with van der Waals surface area (Å²) in [7, 11) is 1.94. The lowest BCUT2D eigenvalue weighted by molar-refractivity contribution is 0.666. The predicted octanol–water partition coefficient (Wildman–Crippen LogP) is 5.46. The number of aryl methyl sites for hydroxylation is 4. The van der Waals surface area contributed by atoms with E-state index in [2.05, 4.69) is 4.98 Å². The molecule has 0 radical (unpaired) electrons. The number of benzene rings is 2. The minimum atomic E-state index is -2.25. The van der Waals surface area contributed by atoms with Gasteiger partial charge in [0.2, 0.25) is 0 Å². The van der Waals surface area contributed by atoms with Gasteiger partial charge in [-0.2, -0.15) is 0 Å². The second-order valence-electron chi connectivity index (χ2n) is 6.68. The van der Waals surface area contributed by atoms with Crippen molar-refractivity contribution >= 4 is 33.0 Å². The smallest absolute Gasteiger partial charge is 0.146 e. The summed E-state index contributed by atoms with van der Waals surface area (Å²) in [5.74, 6) is 0.718. The second-order valence-corrected chi connectivity index (χ2v) is 6.68. The van der Waals surface area contributed by atoms with Crippen molar-refractivity contribution in [1.29, 1.82) is 0 Å². The third-order valence-corrected chi connectivity index (χ3v) is 5.05. The lowest BCUT2D eigenvalue weighted by atomic mass is 10.0. The topological polar surface area (TPSA) is 43.9 Å². The molecule has 5 rings (SSSR count). The summed E-state index contributed by atoms with van der Waals surface area (Å²) in [5.41, 5.74) is 5.95. The molecule has 4 nitrogen and oxygen atoms in total. The van der Waals surface area contributed by atoms with Gasteiger partial charge in [0, 0.05) is 28.1 Å². The number of rotatable bonds is 1. The molecule has 0 aliphatic heterocycles. The highest BCUT2D eigenvalue weighted by molar-refractivity contribution is 6.11. The van der Waals surface area contributed by atoms with E-state index in [1.54, 1.807) is 18.3 Å². The fraction of sp³-hybridized carbons (Fsp3) is 0.182. The summed E-state index contributed by atoms with van der Waals surface area (Å²) < 4.78 is 32.3. The standard InChI is InChI=1S/C22H19N3O/c1-12-8-9-16(21-18(12)15-7-5-6-13(2)20(15)26-21)22-24-17-10-11-23-14(3)19(17)25(22)4/h5-11H,1-4H3/i1D3. The highest BCUT2D eigenvalue weighted by Gasteiger charge is 2.19. The SMILES string of the molecule is [2H]C([2H])([2H])c1ccc(-c2nc3ccnc(C)c3n2C)c2oc3c(C)cccc3c12. The molecule has 0 unspecified atom stereocenters. The number of nitrogens with zero attached hydrogens (tertiary/aromatic N) is 3. The van der Waals surface area contributed by atoms with E-state index < -0.39 is 6.85 Å². The number of fused-ring (bicyclic) bond motifs is 4.